The topological polar surface area (TPSA) is 79.4 Å². The normalized spacial score (nSPS) is 17.1. The highest BCUT2D eigenvalue weighted by Gasteiger charge is 2.21. The minimum atomic E-state index is -0.582. The van der Waals surface area contributed by atoms with E-state index in [0.29, 0.717) is 11.7 Å². The lowest BCUT2D eigenvalue weighted by Crippen LogP contribution is -2.40. The molecule has 0 unspecified atom stereocenters. The number of piperidine rings is 1. The molecule has 0 aliphatic carbocycles. The Morgan fingerprint density at radius 2 is 1.88 bits per heavy atom. The summed E-state index contributed by atoms with van der Waals surface area (Å²) in [6.45, 7) is 9.64. The predicted octanol–water partition coefficient (Wildman–Crippen LogP) is 5.46. The summed E-state index contributed by atoms with van der Waals surface area (Å²) in [4.78, 5) is 14.8. The van der Waals surface area contributed by atoms with Gasteiger partial charge in [0, 0.05) is 28.9 Å². The number of nitrogens with one attached hydrogen (secondary N) is 2. The van der Waals surface area contributed by atoms with Gasteiger partial charge < -0.3 is 15.0 Å². The summed E-state index contributed by atoms with van der Waals surface area (Å²) in [5, 5.41) is 17.7. The molecule has 1 aromatic heterocycles. The molecule has 0 bridgehead atoms. The fourth-order valence-corrected chi connectivity index (χ4v) is 4.27. The monoisotopic (exact) mass is 447 g/mol. The van der Waals surface area contributed by atoms with E-state index in [0.717, 1.165) is 52.9 Å². The van der Waals surface area contributed by atoms with Crippen LogP contribution in [0.15, 0.2) is 42.5 Å². The van der Waals surface area contributed by atoms with Gasteiger partial charge in [-0.05, 0) is 65.8 Å². The zero-order valence-corrected chi connectivity index (χ0v) is 20.1. The number of aryl methyl sites for hydroxylation is 1. The number of benzene rings is 2. The molecule has 1 aliphatic rings. The van der Waals surface area contributed by atoms with E-state index < -0.39 is 11.7 Å². The number of rotatable bonds is 4. The van der Waals surface area contributed by atoms with Crippen molar-refractivity contribution >= 4 is 28.4 Å². The van der Waals surface area contributed by atoms with E-state index in [1.807, 2.05) is 58.0 Å². The third-order valence-electron chi connectivity index (χ3n) is 5.72. The van der Waals surface area contributed by atoms with Gasteiger partial charge in [-0.1, -0.05) is 36.4 Å². The summed E-state index contributed by atoms with van der Waals surface area (Å²) >= 11 is 0. The van der Waals surface area contributed by atoms with Gasteiger partial charge >= 0.3 is 6.09 Å². The first kappa shape index (κ1) is 23.0. The fourth-order valence-electron chi connectivity index (χ4n) is 4.27. The van der Waals surface area contributed by atoms with E-state index in [1.165, 1.54) is 6.42 Å². The molecule has 3 aromatic rings. The maximum absolute atomic E-state index is 12.5. The number of aromatic nitrogens is 2. The number of ether oxygens (including phenoxy) is 1. The molecule has 0 spiro atoms. The molecule has 0 radical (unpaired) electrons. The smallest absolute Gasteiger partial charge is 0.412 e. The average Bonchev–Trinajstić information content (AvgIpc) is 2.73. The van der Waals surface area contributed by atoms with Gasteiger partial charge in [-0.15, -0.1) is 10.2 Å². The summed E-state index contributed by atoms with van der Waals surface area (Å²) in [6.07, 6.45) is 1.79. The van der Waals surface area contributed by atoms with Crippen molar-refractivity contribution in [3.63, 3.8) is 0 Å². The second kappa shape index (κ2) is 9.35. The standard InChI is InChI=1S/C26H33N5O2/c1-17-12-13-21(22(15-17)28-25(32)33-26(2,3)4)23-19-10-6-7-11-20(19)24(30-29-23)27-18-9-8-14-31(5)16-18/h6-7,10-13,15,18H,8-9,14,16H2,1-5H3,(H,27,30)(H,28,32)/t18-/m1/s1. The van der Waals surface area contributed by atoms with Crippen molar-refractivity contribution in [1.29, 1.82) is 0 Å². The van der Waals surface area contributed by atoms with Crippen molar-refractivity contribution in [2.45, 2.75) is 52.2 Å². The van der Waals surface area contributed by atoms with Gasteiger partial charge in [0.1, 0.15) is 11.3 Å². The van der Waals surface area contributed by atoms with Crippen molar-refractivity contribution < 1.29 is 9.53 Å². The molecule has 1 amide bonds. The molecule has 2 heterocycles. The van der Waals surface area contributed by atoms with Crippen LogP contribution in [-0.4, -0.2) is 53.0 Å². The van der Waals surface area contributed by atoms with Crippen LogP contribution in [0.5, 0.6) is 0 Å². The van der Waals surface area contributed by atoms with E-state index >= 15 is 0 Å². The third kappa shape index (κ3) is 5.60. The van der Waals surface area contributed by atoms with Crippen LogP contribution in [0.2, 0.25) is 0 Å². The summed E-state index contributed by atoms with van der Waals surface area (Å²) in [7, 11) is 2.15. The third-order valence-corrected chi connectivity index (χ3v) is 5.72. The lowest BCUT2D eigenvalue weighted by atomic mass is 10.0. The quantitative estimate of drug-likeness (QED) is 0.553. The van der Waals surface area contributed by atoms with E-state index in [4.69, 9.17) is 4.74 Å². The second-order valence-electron chi connectivity index (χ2n) is 9.86. The molecular formula is C26H33N5O2. The molecule has 2 aromatic carbocycles. The molecule has 2 N–H and O–H groups in total. The Bertz CT molecular complexity index is 1160. The Hall–Kier alpha value is -3.19. The molecule has 1 atom stereocenters. The van der Waals surface area contributed by atoms with Crippen LogP contribution in [0, 0.1) is 6.92 Å². The van der Waals surface area contributed by atoms with Gasteiger partial charge in [0.05, 0.1) is 5.69 Å². The van der Waals surface area contributed by atoms with E-state index in [2.05, 4.69) is 44.9 Å². The van der Waals surface area contributed by atoms with E-state index in [9.17, 15) is 4.79 Å². The highest BCUT2D eigenvalue weighted by atomic mass is 16.6. The number of hydrogen-bond donors (Lipinski definition) is 2. The van der Waals surface area contributed by atoms with Crippen molar-refractivity contribution in [3.05, 3.63) is 48.0 Å². The number of carbonyl (C=O) groups excluding carboxylic acids is 1. The minimum absolute atomic E-state index is 0.344. The molecule has 33 heavy (non-hydrogen) atoms. The predicted molar refractivity (Wildman–Crippen MR) is 134 cm³/mol. The zero-order valence-electron chi connectivity index (χ0n) is 20.1. The Labute approximate surface area is 195 Å². The van der Waals surface area contributed by atoms with Crippen LogP contribution in [-0.2, 0) is 4.74 Å². The van der Waals surface area contributed by atoms with Crippen molar-refractivity contribution in [3.8, 4) is 11.3 Å². The summed E-state index contributed by atoms with van der Waals surface area (Å²) in [6, 6.07) is 14.4. The zero-order chi connectivity index (χ0) is 23.6. The van der Waals surface area contributed by atoms with Gasteiger partial charge in [-0.25, -0.2) is 4.79 Å². The van der Waals surface area contributed by atoms with Gasteiger partial charge in [-0.3, -0.25) is 5.32 Å². The van der Waals surface area contributed by atoms with E-state index in [1.54, 1.807) is 0 Å². The Balaban J connectivity index is 1.71. The molecular weight excluding hydrogens is 414 g/mol. The van der Waals surface area contributed by atoms with Crippen LogP contribution in [0.3, 0.4) is 0 Å². The molecule has 7 heteroatoms. The van der Waals surface area contributed by atoms with Crippen LogP contribution < -0.4 is 10.6 Å². The molecule has 1 aliphatic heterocycles. The number of anilines is 2. The van der Waals surface area contributed by atoms with E-state index in [-0.39, 0.29) is 0 Å². The molecule has 7 nitrogen and oxygen atoms in total. The summed E-state index contributed by atoms with van der Waals surface area (Å²) in [5.41, 5.74) is 2.63. The first-order valence-corrected chi connectivity index (χ1v) is 11.5. The Kier molecular flexibility index (Phi) is 6.51. The highest BCUT2D eigenvalue weighted by Crippen LogP contribution is 2.35. The van der Waals surface area contributed by atoms with Crippen LogP contribution >= 0.6 is 0 Å². The molecule has 0 saturated carbocycles. The fraction of sp³-hybridized carbons (Fsp3) is 0.423. The molecule has 174 valence electrons. The Morgan fingerprint density at radius 3 is 2.61 bits per heavy atom. The molecule has 1 fully saturated rings. The lowest BCUT2D eigenvalue weighted by Gasteiger charge is -2.30. The maximum atomic E-state index is 12.5. The summed E-state index contributed by atoms with van der Waals surface area (Å²) < 4.78 is 5.47. The Morgan fingerprint density at radius 1 is 1.12 bits per heavy atom. The number of likely N-dealkylation sites (tertiary alicyclic amines) is 1. The number of amides is 1. The number of hydrogen-bond acceptors (Lipinski definition) is 6. The first-order chi connectivity index (χ1) is 15.7. The average molecular weight is 448 g/mol. The van der Waals surface area contributed by atoms with Crippen LogP contribution in [0.25, 0.3) is 22.0 Å². The number of nitrogens with zero attached hydrogens (tertiary/aromatic N) is 3. The number of carbonyl (C=O) groups is 1. The van der Waals surface area contributed by atoms with Crippen LogP contribution in [0.1, 0.15) is 39.2 Å². The number of fused-ring (bicyclic) bond motifs is 1. The van der Waals surface area contributed by atoms with Crippen LogP contribution in [0.4, 0.5) is 16.3 Å². The summed E-state index contributed by atoms with van der Waals surface area (Å²) in [5.74, 6) is 0.795. The first-order valence-electron chi connectivity index (χ1n) is 11.5. The van der Waals surface area contributed by atoms with Gasteiger partial charge in [0.25, 0.3) is 0 Å². The SMILES string of the molecule is Cc1ccc(-c2nnc(N[C@@H]3CCCN(C)C3)c3ccccc23)c(NC(=O)OC(C)(C)C)c1. The van der Waals surface area contributed by atoms with Crippen molar-refractivity contribution in [1.82, 2.24) is 15.1 Å². The minimum Gasteiger partial charge on any atom is -0.444 e. The number of likely N-dealkylation sites (N-methyl/N-ethyl adjacent to an activating group) is 1. The van der Waals surface area contributed by atoms with Gasteiger partial charge in [0.2, 0.25) is 0 Å². The van der Waals surface area contributed by atoms with Gasteiger partial charge in [0.15, 0.2) is 5.82 Å². The maximum Gasteiger partial charge on any atom is 0.412 e. The second-order valence-corrected chi connectivity index (χ2v) is 9.86. The van der Waals surface area contributed by atoms with Gasteiger partial charge in [-0.2, -0.15) is 0 Å². The largest absolute Gasteiger partial charge is 0.444 e. The highest BCUT2D eigenvalue weighted by molar-refractivity contribution is 6.03. The van der Waals surface area contributed by atoms with Crippen molar-refractivity contribution in [2.75, 3.05) is 30.8 Å². The molecule has 1 saturated heterocycles. The van der Waals surface area contributed by atoms with Crippen molar-refractivity contribution in [2.24, 2.45) is 0 Å². The molecule has 4 rings (SSSR count). The lowest BCUT2D eigenvalue weighted by molar-refractivity contribution is 0.0636.